The van der Waals surface area contributed by atoms with Crippen molar-refractivity contribution in [3.63, 3.8) is 0 Å². The Morgan fingerprint density at radius 3 is 2.38 bits per heavy atom. The van der Waals surface area contributed by atoms with Crippen molar-refractivity contribution >= 4 is 5.97 Å². The highest BCUT2D eigenvalue weighted by Crippen LogP contribution is 2.27. The van der Waals surface area contributed by atoms with Gasteiger partial charge in [0.25, 0.3) is 0 Å². The summed E-state index contributed by atoms with van der Waals surface area (Å²) in [6.45, 7) is 5.37. The van der Waals surface area contributed by atoms with E-state index in [0.717, 1.165) is 11.3 Å². The first kappa shape index (κ1) is 12.3. The summed E-state index contributed by atoms with van der Waals surface area (Å²) in [7, 11) is 1.60. The maximum atomic E-state index is 10.9. The van der Waals surface area contributed by atoms with Crippen LogP contribution in [-0.2, 0) is 4.79 Å². The minimum Gasteiger partial charge on any atom is -0.497 e. The maximum absolute atomic E-state index is 10.9. The lowest BCUT2D eigenvalue weighted by Crippen LogP contribution is -2.17. The summed E-state index contributed by atoms with van der Waals surface area (Å²) >= 11 is 0. The van der Waals surface area contributed by atoms with Crippen LogP contribution in [0.4, 0.5) is 0 Å². The van der Waals surface area contributed by atoms with Gasteiger partial charge in [-0.2, -0.15) is 0 Å². The van der Waals surface area contributed by atoms with Gasteiger partial charge in [0.05, 0.1) is 13.0 Å². The fourth-order valence-corrected chi connectivity index (χ4v) is 1.61. The third kappa shape index (κ3) is 2.63. The molecule has 2 atom stereocenters. The van der Waals surface area contributed by atoms with Gasteiger partial charge in [-0.15, -0.1) is 6.58 Å². The zero-order chi connectivity index (χ0) is 12.1. The first-order chi connectivity index (χ1) is 7.60. The van der Waals surface area contributed by atoms with Crippen molar-refractivity contribution in [1.29, 1.82) is 0 Å². The summed E-state index contributed by atoms with van der Waals surface area (Å²) in [6, 6.07) is 7.37. The second-order valence-electron chi connectivity index (χ2n) is 3.66. The van der Waals surface area contributed by atoms with Gasteiger partial charge in [0.1, 0.15) is 5.75 Å². The Balaban J connectivity index is 2.95. The van der Waals surface area contributed by atoms with E-state index in [0.29, 0.717) is 0 Å². The molecule has 0 amide bonds. The molecule has 0 aliphatic rings. The van der Waals surface area contributed by atoms with Crippen LogP contribution in [0, 0.1) is 5.92 Å². The standard InChI is InChI=1S/C13H16O3/c1-4-12(9(2)13(14)15)10-5-7-11(16-3)8-6-10/h4-9,12H,1H2,2-3H3,(H,14,15). The Morgan fingerprint density at radius 2 is 2.00 bits per heavy atom. The van der Waals surface area contributed by atoms with E-state index in [4.69, 9.17) is 9.84 Å². The summed E-state index contributed by atoms with van der Waals surface area (Å²) < 4.78 is 5.05. The van der Waals surface area contributed by atoms with E-state index in [1.54, 1.807) is 20.1 Å². The van der Waals surface area contributed by atoms with Crippen molar-refractivity contribution in [2.24, 2.45) is 5.92 Å². The van der Waals surface area contributed by atoms with Gasteiger partial charge < -0.3 is 9.84 Å². The third-order valence-electron chi connectivity index (χ3n) is 2.68. The molecule has 3 heteroatoms. The van der Waals surface area contributed by atoms with Gasteiger partial charge >= 0.3 is 5.97 Å². The Kier molecular flexibility index (Phi) is 4.11. The zero-order valence-electron chi connectivity index (χ0n) is 9.51. The minimum atomic E-state index is -0.819. The van der Waals surface area contributed by atoms with E-state index < -0.39 is 11.9 Å². The van der Waals surface area contributed by atoms with Crippen LogP contribution in [-0.4, -0.2) is 18.2 Å². The Hall–Kier alpha value is -1.77. The van der Waals surface area contributed by atoms with Crippen molar-refractivity contribution in [2.75, 3.05) is 7.11 Å². The summed E-state index contributed by atoms with van der Waals surface area (Å²) in [5.41, 5.74) is 0.936. The second kappa shape index (κ2) is 5.35. The van der Waals surface area contributed by atoms with Gasteiger partial charge in [-0.1, -0.05) is 25.1 Å². The van der Waals surface area contributed by atoms with Gasteiger partial charge in [-0.05, 0) is 17.7 Å². The molecular weight excluding hydrogens is 204 g/mol. The van der Waals surface area contributed by atoms with Crippen molar-refractivity contribution in [1.82, 2.24) is 0 Å². The average molecular weight is 220 g/mol. The molecule has 0 aromatic heterocycles. The molecule has 2 unspecified atom stereocenters. The van der Waals surface area contributed by atoms with Crippen LogP contribution in [0.5, 0.6) is 5.75 Å². The molecule has 0 radical (unpaired) electrons. The monoisotopic (exact) mass is 220 g/mol. The molecule has 1 aromatic carbocycles. The van der Waals surface area contributed by atoms with Gasteiger partial charge in [-0.25, -0.2) is 0 Å². The molecule has 0 fully saturated rings. The number of hydrogen-bond acceptors (Lipinski definition) is 2. The molecule has 86 valence electrons. The predicted molar refractivity (Wildman–Crippen MR) is 62.7 cm³/mol. The number of allylic oxidation sites excluding steroid dienone is 1. The number of carboxylic acids is 1. The number of methoxy groups -OCH3 is 1. The maximum Gasteiger partial charge on any atom is 0.307 e. The highest BCUT2D eigenvalue weighted by Gasteiger charge is 2.22. The fraction of sp³-hybridized carbons (Fsp3) is 0.308. The van der Waals surface area contributed by atoms with E-state index in [9.17, 15) is 4.79 Å². The Labute approximate surface area is 95.4 Å². The molecule has 0 aliphatic carbocycles. The molecule has 0 saturated carbocycles. The number of rotatable bonds is 5. The fourth-order valence-electron chi connectivity index (χ4n) is 1.61. The lowest BCUT2D eigenvalue weighted by Gasteiger charge is -2.17. The molecule has 0 saturated heterocycles. The van der Waals surface area contributed by atoms with Crippen molar-refractivity contribution in [3.05, 3.63) is 42.5 Å². The first-order valence-electron chi connectivity index (χ1n) is 5.09. The Bertz CT molecular complexity index is 367. The number of hydrogen-bond donors (Lipinski definition) is 1. The predicted octanol–water partition coefficient (Wildman–Crippen LogP) is 2.69. The van der Waals surface area contributed by atoms with Gasteiger partial charge in [0.2, 0.25) is 0 Å². The molecule has 0 heterocycles. The van der Waals surface area contributed by atoms with E-state index in [2.05, 4.69) is 6.58 Å². The smallest absolute Gasteiger partial charge is 0.307 e. The SMILES string of the molecule is C=CC(c1ccc(OC)cc1)C(C)C(=O)O. The molecule has 0 bridgehead atoms. The van der Waals surface area contributed by atoms with Crippen LogP contribution in [0.3, 0.4) is 0 Å². The van der Waals surface area contributed by atoms with Crippen LogP contribution in [0.25, 0.3) is 0 Å². The van der Waals surface area contributed by atoms with E-state index in [1.165, 1.54) is 0 Å². The molecule has 0 aliphatic heterocycles. The number of carboxylic acid groups (broad SMARTS) is 1. The molecule has 1 N–H and O–H groups in total. The normalized spacial score (nSPS) is 13.9. The van der Waals surface area contributed by atoms with Gasteiger partial charge in [-0.3, -0.25) is 4.79 Å². The topological polar surface area (TPSA) is 46.5 Å². The van der Waals surface area contributed by atoms with Crippen molar-refractivity contribution in [2.45, 2.75) is 12.8 Å². The molecule has 3 nitrogen and oxygen atoms in total. The summed E-state index contributed by atoms with van der Waals surface area (Å²) in [5.74, 6) is -0.718. The average Bonchev–Trinajstić information content (AvgIpc) is 2.30. The number of benzene rings is 1. The van der Waals surface area contributed by atoms with Crippen molar-refractivity contribution in [3.8, 4) is 5.75 Å². The first-order valence-corrected chi connectivity index (χ1v) is 5.09. The quantitative estimate of drug-likeness (QED) is 0.776. The van der Waals surface area contributed by atoms with Gasteiger partial charge in [0.15, 0.2) is 0 Å². The van der Waals surface area contributed by atoms with E-state index in [-0.39, 0.29) is 5.92 Å². The molecule has 0 spiro atoms. The molecule has 1 aromatic rings. The minimum absolute atomic E-state index is 0.177. The highest BCUT2D eigenvalue weighted by molar-refractivity contribution is 5.71. The lowest BCUT2D eigenvalue weighted by molar-refractivity contribution is -0.141. The van der Waals surface area contributed by atoms with E-state index in [1.807, 2.05) is 24.3 Å². The number of ether oxygens (including phenoxy) is 1. The van der Waals surface area contributed by atoms with Crippen LogP contribution < -0.4 is 4.74 Å². The summed E-state index contributed by atoms with van der Waals surface area (Å²) in [5, 5.41) is 8.97. The largest absolute Gasteiger partial charge is 0.497 e. The summed E-state index contributed by atoms with van der Waals surface area (Å²) in [4.78, 5) is 10.9. The van der Waals surface area contributed by atoms with Crippen molar-refractivity contribution < 1.29 is 14.6 Å². The van der Waals surface area contributed by atoms with Crippen LogP contribution >= 0.6 is 0 Å². The Morgan fingerprint density at radius 1 is 1.44 bits per heavy atom. The highest BCUT2D eigenvalue weighted by atomic mass is 16.5. The number of aliphatic carboxylic acids is 1. The molecule has 16 heavy (non-hydrogen) atoms. The molecule has 1 rings (SSSR count). The van der Waals surface area contributed by atoms with Crippen LogP contribution in [0.15, 0.2) is 36.9 Å². The van der Waals surface area contributed by atoms with Gasteiger partial charge in [0, 0.05) is 5.92 Å². The second-order valence-corrected chi connectivity index (χ2v) is 3.66. The van der Waals surface area contributed by atoms with E-state index >= 15 is 0 Å². The lowest BCUT2D eigenvalue weighted by atomic mass is 9.87. The zero-order valence-corrected chi connectivity index (χ0v) is 9.51. The summed E-state index contributed by atoms with van der Waals surface area (Å²) in [6.07, 6.45) is 1.67. The molecular formula is C13H16O3. The van der Waals surface area contributed by atoms with Crippen LogP contribution in [0.2, 0.25) is 0 Å². The number of carbonyl (C=O) groups is 1. The van der Waals surface area contributed by atoms with Crippen LogP contribution in [0.1, 0.15) is 18.4 Å². The third-order valence-corrected chi connectivity index (χ3v) is 2.68.